The van der Waals surface area contributed by atoms with Gasteiger partial charge in [0.25, 0.3) is 5.89 Å². The normalized spacial score (nSPS) is 14.9. The van der Waals surface area contributed by atoms with E-state index in [4.69, 9.17) is 4.52 Å². The molecule has 1 fully saturated rings. The molecule has 3 aromatic heterocycles. The van der Waals surface area contributed by atoms with Crippen molar-refractivity contribution in [3.05, 3.63) is 42.0 Å². The van der Waals surface area contributed by atoms with E-state index in [9.17, 15) is 4.79 Å². The summed E-state index contributed by atoms with van der Waals surface area (Å²) in [6.07, 6.45) is 7.00. The Bertz CT molecular complexity index is 1140. The number of amides is 1. The summed E-state index contributed by atoms with van der Waals surface area (Å²) in [4.78, 5) is 24.6. The van der Waals surface area contributed by atoms with Gasteiger partial charge in [-0.1, -0.05) is 24.1 Å². The number of aryl methyl sites for hydroxylation is 1. The number of imidazole rings is 1. The highest BCUT2D eigenvalue weighted by molar-refractivity contribution is 7.13. The lowest BCUT2D eigenvalue weighted by molar-refractivity contribution is -0.131. The van der Waals surface area contributed by atoms with E-state index < -0.39 is 0 Å². The van der Waals surface area contributed by atoms with Crippen molar-refractivity contribution >= 4 is 28.3 Å². The predicted molar refractivity (Wildman–Crippen MR) is 116 cm³/mol. The molecule has 1 aliphatic rings. The molecule has 1 amide bonds. The fourth-order valence-electron chi connectivity index (χ4n) is 3.92. The Morgan fingerprint density at radius 3 is 2.80 bits per heavy atom. The van der Waals surface area contributed by atoms with Gasteiger partial charge < -0.3 is 14.0 Å². The predicted octanol–water partition coefficient (Wildman–Crippen LogP) is 4.61. The zero-order valence-electron chi connectivity index (χ0n) is 16.7. The Labute approximate surface area is 178 Å². The number of hydrogen-bond acceptors (Lipinski definition) is 6. The van der Waals surface area contributed by atoms with Gasteiger partial charge >= 0.3 is 0 Å². The number of benzene rings is 1. The van der Waals surface area contributed by atoms with Crippen LogP contribution in [0.5, 0.6) is 0 Å². The molecule has 5 rings (SSSR count). The summed E-state index contributed by atoms with van der Waals surface area (Å²) >= 11 is 1.57. The lowest BCUT2D eigenvalue weighted by Gasteiger charge is -2.20. The van der Waals surface area contributed by atoms with E-state index in [1.807, 2.05) is 45.2 Å². The molecular weight excluding hydrogens is 398 g/mol. The molecule has 0 N–H and O–H groups in total. The van der Waals surface area contributed by atoms with Crippen molar-refractivity contribution in [2.75, 3.05) is 13.1 Å². The van der Waals surface area contributed by atoms with Crippen LogP contribution in [0, 0.1) is 0 Å². The van der Waals surface area contributed by atoms with Crippen molar-refractivity contribution in [2.24, 2.45) is 0 Å². The van der Waals surface area contributed by atoms with Crippen molar-refractivity contribution in [3.63, 3.8) is 0 Å². The van der Waals surface area contributed by atoms with Crippen LogP contribution in [-0.2, 0) is 11.3 Å². The molecule has 8 heteroatoms. The van der Waals surface area contributed by atoms with Crippen LogP contribution in [-0.4, -0.2) is 43.6 Å². The summed E-state index contributed by atoms with van der Waals surface area (Å²) in [5.74, 6) is 1.31. The second-order valence-electron chi connectivity index (χ2n) is 7.59. The number of aromatic nitrogens is 4. The maximum absolute atomic E-state index is 12.6. The van der Waals surface area contributed by atoms with Gasteiger partial charge in [0, 0.05) is 31.6 Å². The number of hydrogen-bond donors (Lipinski definition) is 0. The summed E-state index contributed by atoms with van der Waals surface area (Å²) in [6.45, 7) is 2.42. The van der Waals surface area contributed by atoms with E-state index in [0.717, 1.165) is 47.4 Å². The summed E-state index contributed by atoms with van der Waals surface area (Å²) in [6, 6.07) is 9.86. The summed E-state index contributed by atoms with van der Waals surface area (Å²) in [5, 5.41) is 6.09. The van der Waals surface area contributed by atoms with E-state index in [1.165, 1.54) is 12.8 Å². The van der Waals surface area contributed by atoms with Gasteiger partial charge in [0.05, 0.1) is 22.2 Å². The molecule has 4 heterocycles. The Kier molecular flexibility index (Phi) is 5.31. The maximum Gasteiger partial charge on any atom is 0.268 e. The summed E-state index contributed by atoms with van der Waals surface area (Å²) in [5.41, 5.74) is 2.72. The summed E-state index contributed by atoms with van der Waals surface area (Å²) < 4.78 is 7.44. The van der Waals surface area contributed by atoms with Gasteiger partial charge in [-0.05, 0) is 42.5 Å². The number of carbonyl (C=O) groups excluding carboxylic acids is 1. The minimum atomic E-state index is 0.239. The SMILES string of the molecule is O=C(CCn1cnc2cc(-c3noc(-c4cccs4)n3)ccc21)N1CCCCCC1. The zero-order chi connectivity index (χ0) is 20.3. The van der Waals surface area contributed by atoms with Gasteiger partial charge in [-0.15, -0.1) is 11.3 Å². The Morgan fingerprint density at radius 1 is 1.13 bits per heavy atom. The fraction of sp³-hybridized carbons (Fsp3) is 0.364. The monoisotopic (exact) mass is 421 g/mol. The van der Waals surface area contributed by atoms with Crippen LogP contribution < -0.4 is 0 Å². The second-order valence-corrected chi connectivity index (χ2v) is 8.53. The number of thiophene rings is 1. The third-order valence-electron chi connectivity index (χ3n) is 5.56. The Balaban J connectivity index is 1.30. The van der Waals surface area contributed by atoms with Gasteiger partial charge in [0.2, 0.25) is 11.7 Å². The van der Waals surface area contributed by atoms with E-state index in [1.54, 1.807) is 17.7 Å². The molecule has 4 aromatic rings. The summed E-state index contributed by atoms with van der Waals surface area (Å²) in [7, 11) is 0. The standard InChI is InChI=1S/C22H23N5O2S/c28-20(26-10-3-1-2-4-11-26)9-12-27-15-23-17-14-16(7-8-18(17)27)21-24-22(29-25-21)19-6-5-13-30-19/h5-8,13-15H,1-4,9-12H2. The van der Waals surface area contributed by atoms with Crippen LogP contribution in [0.1, 0.15) is 32.1 Å². The number of carbonyl (C=O) groups is 1. The van der Waals surface area contributed by atoms with Crippen molar-refractivity contribution < 1.29 is 9.32 Å². The lowest BCUT2D eigenvalue weighted by Crippen LogP contribution is -2.32. The largest absolute Gasteiger partial charge is 0.343 e. The maximum atomic E-state index is 12.6. The topological polar surface area (TPSA) is 77.0 Å². The minimum Gasteiger partial charge on any atom is -0.343 e. The van der Waals surface area contributed by atoms with Crippen molar-refractivity contribution in [3.8, 4) is 22.2 Å². The van der Waals surface area contributed by atoms with Crippen molar-refractivity contribution in [2.45, 2.75) is 38.6 Å². The highest BCUT2D eigenvalue weighted by Crippen LogP contribution is 2.27. The van der Waals surface area contributed by atoms with Gasteiger partial charge in [-0.2, -0.15) is 4.98 Å². The van der Waals surface area contributed by atoms with E-state index in [2.05, 4.69) is 15.1 Å². The van der Waals surface area contributed by atoms with Gasteiger partial charge in [0.15, 0.2) is 0 Å². The Hall–Kier alpha value is -3.00. The van der Waals surface area contributed by atoms with Crippen LogP contribution in [0.25, 0.3) is 33.2 Å². The molecule has 1 saturated heterocycles. The van der Waals surface area contributed by atoms with Gasteiger partial charge in [-0.25, -0.2) is 4.98 Å². The minimum absolute atomic E-state index is 0.239. The average molecular weight is 422 g/mol. The van der Waals surface area contributed by atoms with Crippen LogP contribution in [0.3, 0.4) is 0 Å². The molecular formula is C22H23N5O2S. The molecule has 1 aromatic carbocycles. The molecule has 1 aliphatic heterocycles. The lowest BCUT2D eigenvalue weighted by atomic mass is 10.2. The van der Waals surface area contributed by atoms with Crippen molar-refractivity contribution in [1.82, 2.24) is 24.6 Å². The van der Waals surface area contributed by atoms with Crippen LogP contribution in [0.15, 0.2) is 46.6 Å². The molecule has 30 heavy (non-hydrogen) atoms. The first kappa shape index (κ1) is 19.0. The first-order chi connectivity index (χ1) is 14.8. The smallest absolute Gasteiger partial charge is 0.268 e. The molecule has 0 unspecified atom stereocenters. The molecule has 154 valence electrons. The van der Waals surface area contributed by atoms with Crippen molar-refractivity contribution in [1.29, 1.82) is 0 Å². The molecule has 0 atom stereocenters. The molecule has 0 spiro atoms. The van der Waals surface area contributed by atoms with Crippen LogP contribution in [0.2, 0.25) is 0 Å². The third kappa shape index (κ3) is 3.87. The highest BCUT2D eigenvalue weighted by atomic mass is 32.1. The first-order valence-corrected chi connectivity index (χ1v) is 11.3. The third-order valence-corrected chi connectivity index (χ3v) is 6.42. The molecule has 0 radical (unpaired) electrons. The van der Waals surface area contributed by atoms with E-state index in [-0.39, 0.29) is 5.91 Å². The Morgan fingerprint density at radius 2 is 2.00 bits per heavy atom. The molecule has 0 aliphatic carbocycles. The van der Waals surface area contributed by atoms with E-state index >= 15 is 0 Å². The number of nitrogens with zero attached hydrogens (tertiary/aromatic N) is 5. The van der Waals surface area contributed by atoms with Crippen LogP contribution >= 0.6 is 11.3 Å². The first-order valence-electron chi connectivity index (χ1n) is 10.4. The van der Waals surface area contributed by atoms with Crippen LogP contribution in [0.4, 0.5) is 0 Å². The quantitative estimate of drug-likeness (QED) is 0.470. The van der Waals surface area contributed by atoms with E-state index in [0.29, 0.717) is 24.7 Å². The molecule has 0 saturated carbocycles. The number of rotatable bonds is 5. The number of likely N-dealkylation sites (tertiary alicyclic amines) is 1. The average Bonchev–Trinajstić information content (AvgIpc) is 3.49. The fourth-order valence-corrected chi connectivity index (χ4v) is 4.56. The van der Waals surface area contributed by atoms with Gasteiger partial charge in [0.1, 0.15) is 0 Å². The highest BCUT2D eigenvalue weighted by Gasteiger charge is 2.16. The van der Waals surface area contributed by atoms with Gasteiger partial charge in [-0.3, -0.25) is 4.79 Å². The zero-order valence-corrected chi connectivity index (χ0v) is 17.5. The number of fused-ring (bicyclic) bond motifs is 1. The molecule has 7 nitrogen and oxygen atoms in total. The molecule has 0 bridgehead atoms. The second kappa shape index (κ2) is 8.39.